The maximum absolute atomic E-state index is 12.5. The van der Waals surface area contributed by atoms with Crippen molar-refractivity contribution in [1.82, 2.24) is 15.3 Å². The maximum Gasteiger partial charge on any atom is 0.258 e. The van der Waals surface area contributed by atoms with E-state index < -0.39 is 0 Å². The molecule has 0 aliphatic heterocycles. The minimum atomic E-state index is -0.265. The minimum absolute atomic E-state index is 0.151. The van der Waals surface area contributed by atoms with Gasteiger partial charge in [0.05, 0.1) is 18.2 Å². The first-order valence-electron chi connectivity index (χ1n) is 10.7. The first kappa shape index (κ1) is 23.3. The molecule has 2 aromatic carbocycles. The van der Waals surface area contributed by atoms with Gasteiger partial charge in [-0.2, -0.15) is 0 Å². The summed E-state index contributed by atoms with van der Waals surface area (Å²) in [5.74, 6) is 1.44. The molecule has 0 fully saturated rings. The molecule has 1 atom stereocenters. The molecule has 0 saturated heterocycles. The van der Waals surface area contributed by atoms with Crippen molar-refractivity contribution in [1.29, 1.82) is 0 Å². The van der Waals surface area contributed by atoms with Crippen molar-refractivity contribution in [3.05, 3.63) is 89.3 Å². The van der Waals surface area contributed by atoms with Crippen LogP contribution in [-0.2, 0) is 11.4 Å². The second kappa shape index (κ2) is 10.9. The standard InChI is InChI=1S/C26H24ClN3O4/c1-17(19-5-7-22(24(14-19)32-2)33-15-18-9-12-28-13-10-18)30-25(31)16-34-23-8-6-21(27)20-4-3-11-29-26(20)23/h3-14,17H,15-16H2,1-2H3,(H,30,31). The number of ether oxygens (including phenoxy) is 3. The van der Waals surface area contributed by atoms with Gasteiger partial charge in [0.15, 0.2) is 18.1 Å². The van der Waals surface area contributed by atoms with Crippen LogP contribution in [0.4, 0.5) is 0 Å². The summed E-state index contributed by atoms with van der Waals surface area (Å²) in [5, 5.41) is 4.29. The number of fused-ring (bicyclic) bond motifs is 1. The van der Waals surface area contributed by atoms with E-state index in [9.17, 15) is 4.79 Å². The van der Waals surface area contributed by atoms with Crippen LogP contribution < -0.4 is 19.5 Å². The Kier molecular flexibility index (Phi) is 7.44. The number of amides is 1. The molecule has 1 unspecified atom stereocenters. The Hall–Kier alpha value is -3.84. The minimum Gasteiger partial charge on any atom is -0.493 e. The lowest BCUT2D eigenvalue weighted by Gasteiger charge is -2.17. The Morgan fingerprint density at radius 3 is 2.59 bits per heavy atom. The van der Waals surface area contributed by atoms with E-state index >= 15 is 0 Å². The smallest absolute Gasteiger partial charge is 0.258 e. The number of hydrogen-bond donors (Lipinski definition) is 1. The van der Waals surface area contributed by atoms with Crippen LogP contribution in [0, 0.1) is 0 Å². The molecule has 0 saturated carbocycles. The first-order valence-corrected chi connectivity index (χ1v) is 11.1. The molecule has 174 valence electrons. The average molecular weight is 478 g/mol. The third-order valence-corrected chi connectivity index (χ3v) is 5.58. The molecule has 4 aromatic rings. The van der Waals surface area contributed by atoms with Crippen LogP contribution >= 0.6 is 11.6 Å². The number of benzene rings is 2. The molecule has 4 rings (SSSR count). The fraction of sp³-hybridized carbons (Fsp3) is 0.192. The fourth-order valence-corrected chi connectivity index (χ4v) is 3.67. The zero-order valence-electron chi connectivity index (χ0n) is 18.8. The second-order valence-corrected chi connectivity index (χ2v) is 7.98. The molecule has 2 heterocycles. The van der Waals surface area contributed by atoms with Gasteiger partial charge in [0, 0.05) is 24.0 Å². The number of carbonyl (C=O) groups excluding carboxylic acids is 1. The zero-order chi connectivity index (χ0) is 23.9. The van der Waals surface area contributed by atoms with Gasteiger partial charge in [0.2, 0.25) is 0 Å². The van der Waals surface area contributed by atoms with Crippen LogP contribution in [0.3, 0.4) is 0 Å². The molecule has 34 heavy (non-hydrogen) atoms. The van der Waals surface area contributed by atoms with E-state index in [-0.39, 0.29) is 18.6 Å². The van der Waals surface area contributed by atoms with Crippen LogP contribution in [0.15, 0.2) is 73.2 Å². The van der Waals surface area contributed by atoms with E-state index in [4.69, 9.17) is 25.8 Å². The quantitative estimate of drug-likeness (QED) is 0.360. The summed E-state index contributed by atoms with van der Waals surface area (Å²) < 4.78 is 17.1. The number of rotatable bonds is 9. The van der Waals surface area contributed by atoms with Crippen molar-refractivity contribution in [3.8, 4) is 17.2 Å². The summed E-state index contributed by atoms with van der Waals surface area (Å²) in [6.07, 6.45) is 5.10. The van der Waals surface area contributed by atoms with Crippen molar-refractivity contribution in [2.45, 2.75) is 19.6 Å². The third-order valence-electron chi connectivity index (χ3n) is 5.25. The van der Waals surface area contributed by atoms with Gasteiger partial charge in [0.25, 0.3) is 5.91 Å². The van der Waals surface area contributed by atoms with E-state index in [1.165, 1.54) is 0 Å². The van der Waals surface area contributed by atoms with Gasteiger partial charge in [0.1, 0.15) is 17.9 Å². The first-order chi connectivity index (χ1) is 16.5. The molecule has 0 spiro atoms. The van der Waals surface area contributed by atoms with Gasteiger partial charge in [-0.25, -0.2) is 0 Å². The van der Waals surface area contributed by atoms with E-state index in [1.807, 2.05) is 43.3 Å². The molecule has 0 radical (unpaired) electrons. The summed E-state index contributed by atoms with van der Waals surface area (Å²) in [7, 11) is 1.58. The van der Waals surface area contributed by atoms with Crippen LogP contribution in [0.5, 0.6) is 17.2 Å². The van der Waals surface area contributed by atoms with Crippen LogP contribution in [0.25, 0.3) is 10.9 Å². The molecule has 1 amide bonds. The Labute approximate surface area is 202 Å². The number of aromatic nitrogens is 2. The summed E-state index contributed by atoms with van der Waals surface area (Å²) in [5.41, 5.74) is 2.49. The summed E-state index contributed by atoms with van der Waals surface area (Å²) >= 11 is 6.22. The molecule has 8 heteroatoms. The van der Waals surface area contributed by atoms with E-state index in [2.05, 4.69) is 15.3 Å². The SMILES string of the molecule is COc1cc(C(C)NC(=O)COc2ccc(Cl)c3cccnc23)ccc1OCc1ccncc1. The Bertz CT molecular complexity index is 1280. The molecule has 1 N–H and O–H groups in total. The highest BCUT2D eigenvalue weighted by molar-refractivity contribution is 6.35. The van der Waals surface area contributed by atoms with Crippen LogP contribution in [-0.4, -0.2) is 29.6 Å². The van der Waals surface area contributed by atoms with Gasteiger partial charge in [-0.1, -0.05) is 17.7 Å². The van der Waals surface area contributed by atoms with Gasteiger partial charge in [-0.05, 0) is 66.6 Å². The number of carbonyl (C=O) groups is 1. The number of nitrogens with one attached hydrogen (secondary N) is 1. The Morgan fingerprint density at radius 1 is 1.00 bits per heavy atom. The number of pyridine rings is 2. The van der Waals surface area contributed by atoms with E-state index in [0.29, 0.717) is 34.4 Å². The third kappa shape index (κ3) is 5.55. The number of hydrogen-bond acceptors (Lipinski definition) is 6. The largest absolute Gasteiger partial charge is 0.493 e. The van der Waals surface area contributed by atoms with Gasteiger partial charge >= 0.3 is 0 Å². The van der Waals surface area contributed by atoms with Gasteiger partial charge in [-0.15, -0.1) is 0 Å². The molecule has 0 aliphatic rings. The van der Waals surface area contributed by atoms with Crippen LogP contribution in [0.1, 0.15) is 24.1 Å². The normalized spacial score (nSPS) is 11.6. The molecule has 0 bridgehead atoms. The molecule has 7 nitrogen and oxygen atoms in total. The van der Waals surface area contributed by atoms with Crippen molar-refractivity contribution in [2.75, 3.05) is 13.7 Å². The fourth-order valence-electron chi connectivity index (χ4n) is 3.45. The highest BCUT2D eigenvalue weighted by atomic mass is 35.5. The van der Waals surface area contributed by atoms with Crippen molar-refractivity contribution >= 4 is 28.4 Å². The molecular weight excluding hydrogens is 454 g/mol. The predicted molar refractivity (Wildman–Crippen MR) is 130 cm³/mol. The predicted octanol–water partition coefficient (Wildman–Crippen LogP) is 5.13. The van der Waals surface area contributed by atoms with Crippen LogP contribution in [0.2, 0.25) is 5.02 Å². The van der Waals surface area contributed by atoms with Gasteiger partial charge < -0.3 is 19.5 Å². The summed E-state index contributed by atoms with van der Waals surface area (Å²) in [4.78, 5) is 20.9. The highest BCUT2D eigenvalue weighted by Crippen LogP contribution is 2.31. The summed E-state index contributed by atoms with van der Waals surface area (Å²) in [6, 6.07) is 16.2. The number of nitrogens with zero attached hydrogens (tertiary/aromatic N) is 2. The zero-order valence-corrected chi connectivity index (χ0v) is 19.6. The van der Waals surface area contributed by atoms with Gasteiger partial charge in [-0.3, -0.25) is 14.8 Å². The lowest BCUT2D eigenvalue weighted by molar-refractivity contribution is -0.123. The van der Waals surface area contributed by atoms with E-state index in [1.54, 1.807) is 43.9 Å². The highest BCUT2D eigenvalue weighted by Gasteiger charge is 2.15. The maximum atomic E-state index is 12.5. The Morgan fingerprint density at radius 2 is 1.79 bits per heavy atom. The lowest BCUT2D eigenvalue weighted by atomic mass is 10.1. The summed E-state index contributed by atoms with van der Waals surface area (Å²) in [6.45, 7) is 2.14. The number of methoxy groups -OCH3 is 1. The molecule has 0 aliphatic carbocycles. The topological polar surface area (TPSA) is 82.6 Å². The monoisotopic (exact) mass is 477 g/mol. The number of halogens is 1. The van der Waals surface area contributed by atoms with Crippen molar-refractivity contribution in [2.24, 2.45) is 0 Å². The Balaban J connectivity index is 1.37. The van der Waals surface area contributed by atoms with Crippen molar-refractivity contribution in [3.63, 3.8) is 0 Å². The average Bonchev–Trinajstić information content (AvgIpc) is 2.87. The van der Waals surface area contributed by atoms with E-state index in [0.717, 1.165) is 16.5 Å². The molecule has 2 aromatic heterocycles. The lowest BCUT2D eigenvalue weighted by Crippen LogP contribution is -2.31. The second-order valence-electron chi connectivity index (χ2n) is 7.58. The van der Waals surface area contributed by atoms with Crippen molar-refractivity contribution < 1.29 is 19.0 Å². The molecular formula is C26H24ClN3O4.